The van der Waals surface area contributed by atoms with E-state index in [2.05, 4.69) is 29.7 Å². The maximum absolute atomic E-state index is 5.88. The molecule has 8 heteroatoms. The fourth-order valence-electron chi connectivity index (χ4n) is 3.06. The van der Waals surface area contributed by atoms with Gasteiger partial charge in [0.15, 0.2) is 5.96 Å². The molecule has 0 saturated heterocycles. The first-order valence-corrected chi connectivity index (χ1v) is 10.6. The molecule has 2 aromatic rings. The van der Waals surface area contributed by atoms with Gasteiger partial charge >= 0.3 is 0 Å². The molecule has 0 heterocycles. The van der Waals surface area contributed by atoms with E-state index in [1.165, 1.54) is 0 Å². The highest BCUT2D eigenvalue weighted by Crippen LogP contribution is 2.24. The minimum absolute atomic E-state index is 0. The third-order valence-electron chi connectivity index (χ3n) is 4.69. The Bertz CT molecular complexity index is 846. The highest BCUT2D eigenvalue weighted by Gasteiger charge is 2.07. The fraction of sp³-hybridized carbons (Fsp3) is 0.458. The zero-order chi connectivity index (χ0) is 22.5. The van der Waals surface area contributed by atoms with Crippen LogP contribution in [0, 0.1) is 6.92 Å². The van der Waals surface area contributed by atoms with Gasteiger partial charge in [-0.15, -0.1) is 24.0 Å². The van der Waals surface area contributed by atoms with Crippen LogP contribution in [0.5, 0.6) is 17.2 Å². The normalized spacial score (nSPS) is 10.8. The van der Waals surface area contributed by atoms with Gasteiger partial charge in [-0.2, -0.15) is 0 Å². The Morgan fingerprint density at radius 3 is 2.41 bits per heavy atom. The number of benzene rings is 2. The summed E-state index contributed by atoms with van der Waals surface area (Å²) in [6.45, 7) is 7.16. The number of hydrogen-bond acceptors (Lipinski definition) is 5. The van der Waals surface area contributed by atoms with Gasteiger partial charge in [-0.1, -0.05) is 12.1 Å². The summed E-state index contributed by atoms with van der Waals surface area (Å²) >= 11 is 0. The summed E-state index contributed by atoms with van der Waals surface area (Å²) in [4.78, 5) is 4.74. The lowest BCUT2D eigenvalue weighted by Gasteiger charge is -2.15. The summed E-state index contributed by atoms with van der Waals surface area (Å²) in [5, 5.41) is 6.69. The van der Waals surface area contributed by atoms with E-state index in [-0.39, 0.29) is 24.0 Å². The van der Waals surface area contributed by atoms with Crippen LogP contribution in [0.15, 0.2) is 41.4 Å². The third-order valence-corrected chi connectivity index (χ3v) is 4.69. The molecule has 7 nitrogen and oxygen atoms in total. The number of rotatable bonds is 12. The molecule has 2 N–H and O–H groups in total. The average molecular weight is 557 g/mol. The number of methoxy groups -OCH3 is 3. The van der Waals surface area contributed by atoms with Crippen LogP contribution in [0.1, 0.15) is 23.6 Å². The Labute approximate surface area is 208 Å². The maximum Gasteiger partial charge on any atom is 0.191 e. The second-order valence-corrected chi connectivity index (χ2v) is 7.00. The number of ether oxygens (including phenoxy) is 4. The van der Waals surface area contributed by atoms with Gasteiger partial charge in [0.1, 0.15) is 23.9 Å². The lowest BCUT2D eigenvalue weighted by molar-refractivity contribution is 0.145. The van der Waals surface area contributed by atoms with Crippen LogP contribution in [0.3, 0.4) is 0 Å². The molecule has 2 rings (SSSR count). The summed E-state index contributed by atoms with van der Waals surface area (Å²) in [6.07, 6.45) is 0.778. The zero-order valence-electron chi connectivity index (χ0n) is 19.7. The number of aliphatic imine (C=N–C) groups is 1. The monoisotopic (exact) mass is 557 g/mol. The van der Waals surface area contributed by atoms with Gasteiger partial charge in [-0.3, -0.25) is 0 Å². The maximum atomic E-state index is 5.88. The lowest BCUT2D eigenvalue weighted by Crippen LogP contribution is -2.38. The number of nitrogens with one attached hydrogen (secondary N) is 2. The fourth-order valence-corrected chi connectivity index (χ4v) is 3.06. The van der Waals surface area contributed by atoms with Crippen molar-refractivity contribution in [1.29, 1.82) is 0 Å². The molecule has 0 atom stereocenters. The van der Waals surface area contributed by atoms with Crippen molar-refractivity contribution in [2.75, 3.05) is 47.6 Å². The topological polar surface area (TPSA) is 73.3 Å². The summed E-state index contributed by atoms with van der Waals surface area (Å²) in [7, 11) is 5.01. The van der Waals surface area contributed by atoms with Gasteiger partial charge in [-0.25, -0.2) is 4.99 Å². The molecule has 2 aromatic carbocycles. The molecule has 0 aliphatic rings. The van der Waals surface area contributed by atoms with Crippen molar-refractivity contribution in [3.05, 3.63) is 53.1 Å². The van der Waals surface area contributed by atoms with Gasteiger partial charge in [0.25, 0.3) is 0 Å². The van der Waals surface area contributed by atoms with Crippen molar-refractivity contribution < 1.29 is 18.9 Å². The Morgan fingerprint density at radius 1 is 0.906 bits per heavy atom. The second-order valence-electron chi connectivity index (χ2n) is 7.00. The van der Waals surface area contributed by atoms with Crippen molar-refractivity contribution in [3.8, 4) is 17.2 Å². The summed E-state index contributed by atoms with van der Waals surface area (Å²) < 4.78 is 21.8. The SMILES string of the molecule is CCNC(=NCc1ccc(C)cc1OCCOC)NCCc1cc(OC)ccc1OC.I. The Hall–Kier alpha value is -2.20. The molecule has 178 valence electrons. The lowest BCUT2D eigenvalue weighted by atomic mass is 10.1. The van der Waals surface area contributed by atoms with Crippen LogP contribution in [0.25, 0.3) is 0 Å². The first-order valence-electron chi connectivity index (χ1n) is 10.6. The first-order chi connectivity index (χ1) is 15.1. The van der Waals surface area contributed by atoms with Crippen molar-refractivity contribution in [2.45, 2.75) is 26.8 Å². The third kappa shape index (κ3) is 9.12. The molecule has 0 radical (unpaired) electrons. The average Bonchev–Trinajstić information content (AvgIpc) is 2.78. The van der Waals surface area contributed by atoms with E-state index in [9.17, 15) is 0 Å². The number of hydrogen-bond donors (Lipinski definition) is 2. The van der Waals surface area contributed by atoms with E-state index in [1.54, 1.807) is 21.3 Å². The molecule has 0 amide bonds. The van der Waals surface area contributed by atoms with Gasteiger partial charge in [-0.05, 0) is 55.7 Å². The smallest absolute Gasteiger partial charge is 0.191 e. The predicted octanol–water partition coefficient (Wildman–Crippen LogP) is 3.95. The van der Waals surface area contributed by atoms with E-state index < -0.39 is 0 Å². The van der Waals surface area contributed by atoms with Crippen LogP contribution < -0.4 is 24.8 Å². The van der Waals surface area contributed by atoms with E-state index in [1.807, 2.05) is 31.2 Å². The molecular formula is C24H36IN3O4. The highest BCUT2D eigenvalue weighted by molar-refractivity contribution is 14.0. The van der Waals surface area contributed by atoms with Gasteiger partial charge in [0.2, 0.25) is 0 Å². The summed E-state index contributed by atoms with van der Waals surface area (Å²) in [5.41, 5.74) is 3.27. The summed E-state index contributed by atoms with van der Waals surface area (Å²) in [6, 6.07) is 12.0. The zero-order valence-corrected chi connectivity index (χ0v) is 22.0. The minimum atomic E-state index is 0. The van der Waals surface area contributed by atoms with Crippen LogP contribution in [0.2, 0.25) is 0 Å². The van der Waals surface area contributed by atoms with Crippen LogP contribution in [-0.4, -0.2) is 53.6 Å². The molecule has 0 spiro atoms. The largest absolute Gasteiger partial charge is 0.497 e. The summed E-state index contributed by atoms with van der Waals surface area (Å²) in [5.74, 6) is 3.27. The van der Waals surface area contributed by atoms with Gasteiger partial charge < -0.3 is 29.6 Å². The number of aryl methyl sites for hydroxylation is 1. The van der Waals surface area contributed by atoms with E-state index in [4.69, 9.17) is 23.9 Å². The number of guanidine groups is 1. The molecule has 0 aliphatic heterocycles. The molecule has 0 unspecified atom stereocenters. The van der Waals surface area contributed by atoms with Crippen LogP contribution >= 0.6 is 24.0 Å². The Morgan fingerprint density at radius 2 is 1.72 bits per heavy atom. The molecule has 0 fully saturated rings. The minimum Gasteiger partial charge on any atom is -0.497 e. The molecule has 0 saturated carbocycles. The standard InChI is InChI=1S/C24H35N3O4.HI/c1-6-25-24(26-12-11-19-16-21(29-4)9-10-22(19)30-5)27-17-20-8-7-18(2)15-23(20)31-14-13-28-3;/h7-10,15-16H,6,11-14,17H2,1-5H3,(H2,25,26,27);1H. The van der Waals surface area contributed by atoms with Crippen LogP contribution in [0.4, 0.5) is 0 Å². The molecule has 0 aliphatic carbocycles. The van der Waals surface area contributed by atoms with Crippen LogP contribution in [-0.2, 0) is 17.7 Å². The molecular weight excluding hydrogens is 521 g/mol. The van der Waals surface area contributed by atoms with Gasteiger partial charge in [0, 0.05) is 25.8 Å². The second kappa shape index (κ2) is 15.6. The van der Waals surface area contributed by atoms with E-state index in [0.717, 1.165) is 52.9 Å². The number of halogens is 1. The molecule has 32 heavy (non-hydrogen) atoms. The van der Waals surface area contributed by atoms with E-state index in [0.29, 0.717) is 26.3 Å². The molecule has 0 aromatic heterocycles. The molecule has 0 bridgehead atoms. The van der Waals surface area contributed by atoms with Gasteiger partial charge in [0.05, 0.1) is 27.4 Å². The first kappa shape index (κ1) is 27.8. The number of nitrogens with zero attached hydrogens (tertiary/aromatic N) is 1. The van der Waals surface area contributed by atoms with Crippen molar-refractivity contribution in [3.63, 3.8) is 0 Å². The van der Waals surface area contributed by atoms with E-state index >= 15 is 0 Å². The quantitative estimate of drug-likeness (QED) is 0.178. The Balaban J connectivity index is 0.00000512. The highest BCUT2D eigenvalue weighted by atomic mass is 127. The Kier molecular flexibility index (Phi) is 13.5. The van der Waals surface area contributed by atoms with Crippen molar-refractivity contribution >= 4 is 29.9 Å². The van der Waals surface area contributed by atoms with Crippen molar-refractivity contribution in [2.24, 2.45) is 4.99 Å². The predicted molar refractivity (Wildman–Crippen MR) is 140 cm³/mol. The van der Waals surface area contributed by atoms with Crippen molar-refractivity contribution in [1.82, 2.24) is 10.6 Å².